The third-order valence-electron chi connectivity index (χ3n) is 3.12. The second-order valence-corrected chi connectivity index (χ2v) is 5.77. The summed E-state index contributed by atoms with van der Waals surface area (Å²) in [5, 5.41) is 7.20. The molecule has 1 N–H and O–H groups in total. The Morgan fingerprint density at radius 1 is 1.29 bits per heavy atom. The van der Waals surface area contributed by atoms with Crippen molar-refractivity contribution in [1.82, 2.24) is 14.6 Å². The summed E-state index contributed by atoms with van der Waals surface area (Å²) >= 11 is 2.14. The Kier molecular flexibility index (Phi) is 3.75. The summed E-state index contributed by atoms with van der Waals surface area (Å²) < 4.78 is 29.6. The molecule has 108 valence electrons. The van der Waals surface area contributed by atoms with Crippen LogP contribution in [0.1, 0.15) is 18.5 Å². The SMILES string of the molecule is CC(Nc1ccn2ncc(I)c2n1)c1cc(F)ccc1F. The molecule has 0 bridgehead atoms. The molecule has 7 heteroatoms. The molecule has 0 aliphatic carbocycles. The third-order valence-corrected chi connectivity index (χ3v) is 3.88. The Morgan fingerprint density at radius 3 is 2.90 bits per heavy atom. The van der Waals surface area contributed by atoms with Gasteiger partial charge in [0.15, 0.2) is 5.65 Å². The topological polar surface area (TPSA) is 42.2 Å². The van der Waals surface area contributed by atoms with Gasteiger partial charge in [-0.25, -0.2) is 18.3 Å². The number of aromatic nitrogens is 3. The van der Waals surface area contributed by atoms with Gasteiger partial charge in [0, 0.05) is 11.8 Å². The fourth-order valence-electron chi connectivity index (χ4n) is 2.07. The summed E-state index contributed by atoms with van der Waals surface area (Å²) in [6, 6.07) is 4.75. The number of hydrogen-bond donors (Lipinski definition) is 1. The Labute approximate surface area is 133 Å². The predicted octanol–water partition coefficient (Wildman–Crippen LogP) is 3.79. The van der Waals surface area contributed by atoms with E-state index in [1.54, 1.807) is 29.9 Å². The minimum absolute atomic E-state index is 0.264. The maximum atomic E-state index is 13.7. The monoisotopic (exact) mass is 400 g/mol. The van der Waals surface area contributed by atoms with E-state index in [0.29, 0.717) is 11.5 Å². The van der Waals surface area contributed by atoms with Crippen molar-refractivity contribution in [3.63, 3.8) is 0 Å². The first kappa shape index (κ1) is 14.2. The van der Waals surface area contributed by atoms with E-state index in [1.165, 1.54) is 6.07 Å². The van der Waals surface area contributed by atoms with Gasteiger partial charge in [-0.05, 0) is 53.8 Å². The maximum absolute atomic E-state index is 13.7. The van der Waals surface area contributed by atoms with Crippen LogP contribution in [0.25, 0.3) is 5.65 Å². The van der Waals surface area contributed by atoms with Gasteiger partial charge in [0.25, 0.3) is 0 Å². The largest absolute Gasteiger partial charge is 0.363 e. The van der Waals surface area contributed by atoms with Crippen molar-refractivity contribution in [2.45, 2.75) is 13.0 Å². The van der Waals surface area contributed by atoms with E-state index in [9.17, 15) is 8.78 Å². The third kappa shape index (κ3) is 2.82. The number of fused-ring (bicyclic) bond motifs is 1. The molecular weight excluding hydrogens is 389 g/mol. The van der Waals surface area contributed by atoms with E-state index < -0.39 is 17.7 Å². The first-order chi connectivity index (χ1) is 10.0. The van der Waals surface area contributed by atoms with Crippen molar-refractivity contribution in [2.24, 2.45) is 0 Å². The van der Waals surface area contributed by atoms with E-state index in [1.807, 2.05) is 0 Å². The zero-order valence-electron chi connectivity index (χ0n) is 11.0. The Bertz CT molecular complexity index is 803. The van der Waals surface area contributed by atoms with E-state index in [2.05, 4.69) is 38.0 Å². The van der Waals surface area contributed by atoms with Crippen LogP contribution in [0, 0.1) is 15.2 Å². The van der Waals surface area contributed by atoms with Gasteiger partial charge in [0.05, 0.1) is 15.8 Å². The van der Waals surface area contributed by atoms with Crippen LogP contribution in [-0.4, -0.2) is 14.6 Å². The molecule has 21 heavy (non-hydrogen) atoms. The Hall–Kier alpha value is -1.77. The molecule has 0 amide bonds. The summed E-state index contributed by atoms with van der Waals surface area (Å²) in [6.07, 6.45) is 3.48. The molecule has 0 saturated carbocycles. The molecular formula is C14H11F2IN4. The second-order valence-electron chi connectivity index (χ2n) is 4.61. The van der Waals surface area contributed by atoms with Crippen molar-refractivity contribution < 1.29 is 8.78 Å². The van der Waals surface area contributed by atoms with Crippen molar-refractivity contribution in [3.8, 4) is 0 Å². The Morgan fingerprint density at radius 2 is 2.10 bits per heavy atom. The molecule has 0 fully saturated rings. The molecule has 0 aliphatic heterocycles. The zero-order valence-corrected chi connectivity index (χ0v) is 13.2. The van der Waals surface area contributed by atoms with Crippen LogP contribution in [-0.2, 0) is 0 Å². The van der Waals surface area contributed by atoms with Crippen LogP contribution >= 0.6 is 22.6 Å². The van der Waals surface area contributed by atoms with Gasteiger partial charge in [0.1, 0.15) is 17.5 Å². The van der Waals surface area contributed by atoms with Crippen LogP contribution in [0.5, 0.6) is 0 Å². The lowest BCUT2D eigenvalue weighted by atomic mass is 10.1. The summed E-state index contributed by atoms with van der Waals surface area (Å²) in [4.78, 5) is 4.42. The molecule has 0 radical (unpaired) electrons. The lowest BCUT2D eigenvalue weighted by Crippen LogP contribution is -2.10. The predicted molar refractivity (Wildman–Crippen MR) is 84.1 cm³/mol. The highest BCUT2D eigenvalue weighted by Crippen LogP contribution is 2.22. The minimum atomic E-state index is -0.464. The van der Waals surface area contributed by atoms with Gasteiger partial charge in [0.2, 0.25) is 0 Å². The highest BCUT2D eigenvalue weighted by molar-refractivity contribution is 14.1. The molecule has 0 spiro atoms. The average Bonchev–Trinajstić information content (AvgIpc) is 2.83. The van der Waals surface area contributed by atoms with Crippen LogP contribution in [0.4, 0.5) is 14.6 Å². The highest BCUT2D eigenvalue weighted by atomic mass is 127. The molecule has 0 saturated heterocycles. The van der Waals surface area contributed by atoms with Crippen molar-refractivity contribution in [3.05, 3.63) is 57.4 Å². The van der Waals surface area contributed by atoms with Crippen LogP contribution in [0.3, 0.4) is 0 Å². The molecule has 3 rings (SSSR count). The lowest BCUT2D eigenvalue weighted by Gasteiger charge is -2.15. The quantitative estimate of drug-likeness (QED) is 0.681. The van der Waals surface area contributed by atoms with Gasteiger partial charge in [-0.3, -0.25) is 0 Å². The second kappa shape index (κ2) is 5.55. The van der Waals surface area contributed by atoms with E-state index in [-0.39, 0.29) is 5.56 Å². The lowest BCUT2D eigenvalue weighted by molar-refractivity contribution is 0.577. The van der Waals surface area contributed by atoms with Crippen molar-refractivity contribution >= 4 is 34.1 Å². The Balaban J connectivity index is 1.90. The number of halogens is 3. The normalized spacial score (nSPS) is 12.6. The molecule has 0 aliphatic rings. The molecule has 1 aromatic carbocycles. The van der Waals surface area contributed by atoms with E-state index >= 15 is 0 Å². The summed E-state index contributed by atoms with van der Waals surface area (Å²) in [7, 11) is 0. The number of hydrogen-bond acceptors (Lipinski definition) is 3. The van der Waals surface area contributed by atoms with E-state index in [0.717, 1.165) is 15.7 Å². The first-order valence-electron chi connectivity index (χ1n) is 6.26. The maximum Gasteiger partial charge on any atom is 0.170 e. The number of benzene rings is 1. The van der Waals surface area contributed by atoms with Gasteiger partial charge < -0.3 is 5.32 Å². The fraction of sp³-hybridized carbons (Fsp3) is 0.143. The van der Waals surface area contributed by atoms with Gasteiger partial charge >= 0.3 is 0 Å². The first-order valence-corrected chi connectivity index (χ1v) is 7.34. The number of anilines is 1. The summed E-state index contributed by atoms with van der Waals surface area (Å²) in [5.74, 6) is -0.331. The number of nitrogens with zero attached hydrogens (tertiary/aromatic N) is 3. The molecule has 1 atom stereocenters. The van der Waals surface area contributed by atoms with E-state index in [4.69, 9.17) is 0 Å². The van der Waals surface area contributed by atoms with Gasteiger partial charge in [-0.2, -0.15) is 5.10 Å². The van der Waals surface area contributed by atoms with Crippen LogP contribution in [0.2, 0.25) is 0 Å². The standard InChI is InChI=1S/C14H11F2IN4/c1-8(10-6-9(15)2-3-11(10)16)19-13-4-5-21-14(20-13)12(17)7-18-21/h2-8H,1H3,(H,19,20). The van der Waals surface area contributed by atoms with Crippen molar-refractivity contribution in [1.29, 1.82) is 0 Å². The number of rotatable bonds is 3. The van der Waals surface area contributed by atoms with Crippen LogP contribution < -0.4 is 5.32 Å². The molecule has 2 heterocycles. The van der Waals surface area contributed by atoms with Crippen LogP contribution in [0.15, 0.2) is 36.7 Å². The van der Waals surface area contributed by atoms with Gasteiger partial charge in [-0.15, -0.1) is 0 Å². The minimum Gasteiger partial charge on any atom is -0.363 e. The van der Waals surface area contributed by atoms with Gasteiger partial charge in [-0.1, -0.05) is 0 Å². The molecule has 4 nitrogen and oxygen atoms in total. The summed E-state index contributed by atoms with van der Waals surface area (Å²) in [5.41, 5.74) is 0.979. The fourth-order valence-corrected chi connectivity index (χ4v) is 2.56. The molecule has 2 aromatic heterocycles. The molecule has 3 aromatic rings. The number of nitrogens with one attached hydrogen (secondary N) is 1. The highest BCUT2D eigenvalue weighted by Gasteiger charge is 2.13. The zero-order chi connectivity index (χ0) is 15.0. The molecule has 1 unspecified atom stereocenters. The van der Waals surface area contributed by atoms with Crippen molar-refractivity contribution in [2.75, 3.05) is 5.32 Å². The smallest absolute Gasteiger partial charge is 0.170 e. The average molecular weight is 400 g/mol. The summed E-state index contributed by atoms with van der Waals surface area (Å²) in [6.45, 7) is 1.76.